The lowest BCUT2D eigenvalue weighted by Crippen LogP contribution is -2.70. The van der Waals surface area contributed by atoms with E-state index in [4.69, 9.17) is 39.5 Å². The van der Waals surface area contributed by atoms with Crippen molar-refractivity contribution in [3.8, 4) is 0 Å². The first kappa shape index (κ1) is 21.3. The van der Waals surface area contributed by atoms with Gasteiger partial charge in [0.05, 0.1) is 6.42 Å². The number of thioether (sulfide) groups is 1. The molecule has 6 nitrogen and oxygen atoms in total. The van der Waals surface area contributed by atoms with Gasteiger partial charge in [0.15, 0.2) is 0 Å². The molecule has 3 rings (SSSR count). The molecule has 150 valence electrons. The van der Waals surface area contributed by atoms with Crippen molar-refractivity contribution in [2.24, 2.45) is 0 Å². The molecule has 2 aliphatic heterocycles. The fraction of sp³-hybridized carbons (Fsp3) is 0.389. The van der Waals surface area contributed by atoms with Crippen LogP contribution in [0.25, 0.3) is 0 Å². The molecule has 10 heteroatoms. The highest BCUT2D eigenvalue weighted by Crippen LogP contribution is 2.41. The molecule has 0 aliphatic carbocycles. The van der Waals surface area contributed by atoms with Crippen molar-refractivity contribution >= 4 is 64.3 Å². The highest BCUT2D eigenvalue weighted by Gasteiger charge is 2.54. The molecule has 2 amide bonds. The average molecular weight is 464 g/mol. The molecule has 3 atom stereocenters. The Morgan fingerprint density at radius 1 is 1.25 bits per heavy atom. The molecule has 1 aromatic carbocycles. The minimum atomic E-state index is -1.74. The summed E-state index contributed by atoms with van der Waals surface area (Å²) < 4.78 is 3.26. The number of carbonyl (C=O) groups is 3. The number of hydrogen-bond donors (Lipinski definition) is 1. The van der Waals surface area contributed by atoms with E-state index in [9.17, 15) is 14.4 Å². The van der Waals surface area contributed by atoms with Crippen molar-refractivity contribution in [1.29, 1.82) is 0 Å². The molecule has 0 aromatic heterocycles. The number of esters is 1. The van der Waals surface area contributed by atoms with Crippen LogP contribution in [-0.2, 0) is 25.5 Å². The minimum Gasteiger partial charge on any atom is -0.456 e. The van der Waals surface area contributed by atoms with Crippen LogP contribution in [0, 0.1) is 0 Å². The van der Waals surface area contributed by atoms with Gasteiger partial charge in [0.2, 0.25) is 9.70 Å². The number of alkyl halides is 3. The van der Waals surface area contributed by atoms with E-state index < -0.39 is 22.4 Å². The number of fused-ring (bicyclic) bond motifs is 1. The van der Waals surface area contributed by atoms with Crippen LogP contribution >= 0.6 is 46.6 Å². The molecule has 2 unspecified atom stereocenters. The second kappa shape index (κ2) is 8.53. The number of carbonyl (C=O) groups excluding carboxylic acids is 3. The maximum Gasteiger partial charge on any atom is 0.354 e. The van der Waals surface area contributed by atoms with Gasteiger partial charge in [-0.1, -0.05) is 65.1 Å². The quantitative estimate of drug-likeness (QED) is 0.413. The standard InChI is InChI=1S/C18H17Cl3N2O4S/c1-10-7-12(17(26)27-9-18(19,20)21)23-15(25)14(16(23)28-10)22-13(24)8-11-5-3-2-4-6-11/h2-7,10,14,16H,8-9H2,1H3,(H,22,24)/t10?,14?,16-/m0/s1. The lowest BCUT2D eigenvalue weighted by molar-refractivity contribution is -0.152. The Labute approximate surface area is 181 Å². The summed E-state index contributed by atoms with van der Waals surface area (Å²) in [4.78, 5) is 38.5. The van der Waals surface area contributed by atoms with E-state index in [0.29, 0.717) is 0 Å². The molecule has 0 radical (unpaired) electrons. The highest BCUT2D eigenvalue weighted by atomic mass is 35.6. The minimum absolute atomic E-state index is 0.0572. The van der Waals surface area contributed by atoms with Crippen LogP contribution < -0.4 is 5.32 Å². The summed E-state index contributed by atoms with van der Waals surface area (Å²) in [5, 5.41) is 2.31. The van der Waals surface area contributed by atoms with Crippen molar-refractivity contribution in [2.45, 2.75) is 33.8 Å². The Bertz CT molecular complexity index is 813. The zero-order valence-corrected chi connectivity index (χ0v) is 17.8. The van der Waals surface area contributed by atoms with Crippen LogP contribution in [0.4, 0.5) is 0 Å². The van der Waals surface area contributed by atoms with Crippen LogP contribution in [0.2, 0.25) is 0 Å². The van der Waals surface area contributed by atoms with Gasteiger partial charge in [-0.05, 0) is 18.6 Å². The van der Waals surface area contributed by atoms with Gasteiger partial charge in [-0.25, -0.2) is 4.79 Å². The molecule has 28 heavy (non-hydrogen) atoms. The third kappa shape index (κ3) is 4.95. The van der Waals surface area contributed by atoms with E-state index in [-0.39, 0.29) is 34.6 Å². The van der Waals surface area contributed by atoms with Gasteiger partial charge in [0.25, 0.3) is 5.91 Å². The highest BCUT2D eigenvalue weighted by molar-refractivity contribution is 8.00. The number of amides is 2. The molecule has 1 N–H and O–H groups in total. The topological polar surface area (TPSA) is 75.7 Å². The molecule has 0 spiro atoms. The number of benzene rings is 1. The largest absolute Gasteiger partial charge is 0.456 e. The number of ether oxygens (including phenoxy) is 1. The van der Waals surface area contributed by atoms with E-state index in [2.05, 4.69) is 5.32 Å². The summed E-state index contributed by atoms with van der Waals surface area (Å²) in [7, 11) is 0. The smallest absolute Gasteiger partial charge is 0.354 e. The fourth-order valence-corrected chi connectivity index (χ4v) is 4.44. The van der Waals surface area contributed by atoms with Crippen LogP contribution in [0.1, 0.15) is 12.5 Å². The molecular formula is C18H17Cl3N2O4S. The zero-order chi connectivity index (χ0) is 20.5. The summed E-state index contributed by atoms with van der Waals surface area (Å²) in [6.07, 6.45) is 1.80. The number of hydrogen-bond acceptors (Lipinski definition) is 5. The number of β-lactam (4-membered cyclic amide) rings is 1. The molecule has 2 aliphatic rings. The summed E-state index contributed by atoms with van der Waals surface area (Å²) in [6.45, 7) is 1.45. The van der Waals surface area contributed by atoms with Gasteiger partial charge in [-0.15, -0.1) is 11.8 Å². The zero-order valence-electron chi connectivity index (χ0n) is 14.7. The second-order valence-corrected chi connectivity index (χ2v) is 10.4. The van der Waals surface area contributed by atoms with Crippen LogP contribution in [0.3, 0.4) is 0 Å². The van der Waals surface area contributed by atoms with E-state index in [1.165, 1.54) is 16.7 Å². The van der Waals surface area contributed by atoms with E-state index in [1.54, 1.807) is 6.08 Å². The predicted molar refractivity (Wildman–Crippen MR) is 109 cm³/mol. The van der Waals surface area contributed by atoms with Gasteiger partial charge >= 0.3 is 5.97 Å². The van der Waals surface area contributed by atoms with E-state index >= 15 is 0 Å². The van der Waals surface area contributed by atoms with Crippen molar-refractivity contribution in [3.05, 3.63) is 47.7 Å². The van der Waals surface area contributed by atoms with Gasteiger partial charge in [0, 0.05) is 5.25 Å². The Balaban J connectivity index is 1.64. The molecule has 2 heterocycles. The van der Waals surface area contributed by atoms with Crippen molar-refractivity contribution in [3.63, 3.8) is 0 Å². The Hall–Kier alpha value is -1.41. The molecule has 1 saturated heterocycles. The Morgan fingerprint density at radius 2 is 1.93 bits per heavy atom. The molecule has 0 bridgehead atoms. The first-order chi connectivity index (χ1) is 13.2. The summed E-state index contributed by atoms with van der Waals surface area (Å²) in [5.41, 5.74) is 0.952. The first-order valence-corrected chi connectivity index (χ1v) is 10.5. The number of nitrogens with one attached hydrogen (secondary N) is 1. The number of nitrogens with zero attached hydrogens (tertiary/aromatic N) is 1. The molecular weight excluding hydrogens is 447 g/mol. The van der Waals surface area contributed by atoms with Crippen molar-refractivity contribution in [2.75, 3.05) is 6.61 Å². The average Bonchev–Trinajstić information content (AvgIpc) is 2.63. The van der Waals surface area contributed by atoms with Crippen molar-refractivity contribution in [1.82, 2.24) is 10.2 Å². The van der Waals surface area contributed by atoms with E-state index in [1.807, 2.05) is 37.3 Å². The van der Waals surface area contributed by atoms with Crippen LogP contribution in [0.5, 0.6) is 0 Å². The SMILES string of the molecule is CC1C=C(C(=O)OCC(Cl)(Cl)Cl)N2C(=O)C(NC(=O)Cc3ccccc3)[C@@H]2S1. The Morgan fingerprint density at radius 3 is 2.57 bits per heavy atom. The van der Waals surface area contributed by atoms with Crippen LogP contribution in [-0.4, -0.2) is 49.7 Å². The summed E-state index contributed by atoms with van der Waals surface area (Å²) >= 11 is 18.3. The molecule has 0 saturated carbocycles. The third-order valence-electron chi connectivity index (χ3n) is 4.15. The van der Waals surface area contributed by atoms with E-state index in [0.717, 1.165) is 5.56 Å². The molecule has 1 aromatic rings. The first-order valence-electron chi connectivity index (χ1n) is 8.43. The van der Waals surface area contributed by atoms with Gasteiger partial charge in [-0.3, -0.25) is 14.5 Å². The lowest BCUT2D eigenvalue weighted by Gasteiger charge is -2.49. The maximum absolute atomic E-state index is 12.6. The lowest BCUT2D eigenvalue weighted by atomic mass is 10.0. The van der Waals surface area contributed by atoms with Crippen LogP contribution in [0.15, 0.2) is 42.1 Å². The molecule has 1 fully saturated rings. The number of halogens is 3. The summed E-state index contributed by atoms with van der Waals surface area (Å²) in [5.74, 6) is -1.37. The van der Waals surface area contributed by atoms with Crippen molar-refractivity contribution < 1.29 is 19.1 Å². The predicted octanol–water partition coefficient (Wildman–Crippen LogP) is 2.81. The van der Waals surface area contributed by atoms with Gasteiger partial charge < -0.3 is 10.1 Å². The number of rotatable bonds is 5. The second-order valence-electron chi connectivity index (χ2n) is 6.39. The van der Waals surface area contributed by atoms with Gasteiger partial charge in [0.1, 0.15) is 23.7 Å². The Kier molecular flexibility index (Phi) is 6.49. The normalized spacial score (nSPS) is 24.0. The summed E-state index contributed by atoms with van der Waals surface area (Å²) in [6, 6.07) is 8.54. The fourth-order valence-electron chi connectivity index (χ4n) is 2.95. The third-order valence-corrected chi connectivity index (χ3v) is 5.80. The van der Waals surface area contributed by atoms with Gasteiger partial charge in [-0.2, -0.15) is 0 Å². The monoisotopic (exact) mass is 462 g/mol. The maximum atomic E-state index is 12.6.